The summed E-state index contributed by atoms with van der Waals surface area (Å²) in [6.45, 7) is 2.00. The normalized spacial score (nSPS) is 10.6. The molecular weight excluding hydrogens is 241 g/mol. The molecule has 2 heterocycles. The van der Waals surface area contributed by atoms with Crippen LogP contribution in [0, 0.1) is 12.7 Å². The molecule has 0 saturated heterocycles. The topological polar surface area (TPSA) is 41.6 Å². The van der Waals surface area contributed by atoms with Gasteiger partial charge in [-0.05, 0) is 42.8 Å². The summed E-state index contributed by atoms with van der Waals surface area (Å²) in [5.74, 6) is -0.251. The second kappa shape index (κ2) is 4.65. The number of H-pyrrole nitrogens is 1. The van der Waals surface area contributed by atoms with Gasteiger partial charge in [0.2, 0.25) is 0 Å². The van der Waals surface area contributed by atoms with Gasteiger partial charge in [0.1, 0.15) is 5.82 Å². The lowest BCUT2D eigenvalue weighted by Crippen LogP contribution is -1.89. The highest BCUT2D eigenvalue weighted by atomic mass is 19.1. The predicted molar refractivity (Wildman–Crippen MR) is 71.9 cm³/mol. The molecule has 0 radical (unpaired) electrons. The maximum Gasteiger partial charge on any atom is 0.123 e. The zero-order valence-corrected chi connectivity index (χ0v) is 10.4. The molecule has 4 heteroatoms. The number of halogens is 1. The fourth-order valence-electron chi connectivity index (χ4n) is 2.07. The first kappa shape index (κ1) is 11.6. The van der Waals surface area contributed by atoms with Crippen molar-refractivity contribution in [3.63, 3.8) is 0 Å². The lowest BCUT2D eigenvalue weighted by atomic mass is 10.0. The van der Waals surface area contributed by atoms with Gasteiger partial charge in [-0.3, -0.25) is 10.1 Å². The van der Waals surface area contributed by atoms with Crippen LogP contribution in [-0.2, 0) is 0 Å². The van der Waals surface area contributed by atoms with Gasteiger partial charge in [-0.25, -0.2) is 4.39 Å². The van der Waals surface area contributed by atoms with E-state index in [4.69, 9.17) is 0 Å². The molecule has 0 aliphatic heterocycles. The summed E-state index contributed by atoms with van der Waals surface area (Å²) in [6, 6.07) is 10.2. The van der Waals surface area contributed by atoms with E-state index >= 15 is 0 Å². The van der Waals surface area contributed by atoms with Gasteiger partial charge in [-0.2, -0.15) is 5.10 Å². The van der Waals surface area contributed by atoms with Crippen LogP contribution >= 0.6 is 0 Å². The predicted octanol–water partition coefficient (Wildman–Crippen LogP) is 3.59. The minimum absolute atomic E-state index is 0.251. The summed E-state index contributed by atoms with van der Waals surface area (Å²) in [5.41, 5.74) is 4.62. The molecule has 2 aromatic heterocycles. The SMILES string of the molecule is Cc1cccnc1-c1cn[nH]c1-c1ccc(F)cc1. The first-order valence-electron chi connectivity index (χ1n) is 5.97. The number of benzene rings is 1. The van der Waals surface area contributed by atoms with Crippen LogP contribution in [0.25, 0.3) is 22.5 Å². The Bertz CT molecular complexity index is 701. The molecule has 94 valence electrons. The molecule has 3 rings (SSSR count). The van der Waals surface area contributed by atoms with E-state index < -0.39 is 0 Å². The molecule has 1 aromatic carbocycles. The fourth-order valence-corrected chi connectivity index (χ4v) is 2.07. The minimum atomic E-state index is -0.251. The Balaban J connectivity index is 2.13. The molecule has 3 nitrogen and oxygen atoms in total. The van der Waals surface area contributed by atoms with Crippen molar-refractivity contribution in [3.8, 4) is 22.5 Å². The van der Waals surface area contributed by atoms with Crippen LogP contribution in [0.2, 0.25) is 0 Å². The van der Waals surface area contributed by atoms with Crippen molar-refractivity contribution in [2.45, 2.75) is 6.92 Å². The highest BCUT2D eigenvalue weighted by Gasteiger charge is 2.12. The van der Waals surface area contributed by atoms with Crippen molar-refractivity contribution >= 4 is 0 Å². The smallest absolute Gasteiger partial charge is 0.123 e. The summed E-state index contributed by atoms with van der Waals surface area (Å²) < 4.78 is 13.0. The van der Waals surface area contributed by atoms with Crippen molar-refractivity contribution in [3.05, 3.63) is 60.2 Å². The summed E-state index contributed by atoms with van der Waals surface area (Å²) in [6.07, 6.45) is 3.50. The number of nitrogens with zero attached hydrogens (tertiary/aromatic N) is 2. The standard InChI is InChI=1S/C15H12FN3/c1-10-3-2-8-17-14(10)13-9-18-19-15(13)11-4-6-12(16)7-5-11/h2-9H,1H3,(H,18,19). The number of hydrogen-bond donors (Lipinski definition) is 1. The molecule has 3 aromatic rings. The number of hydrogen-bond acceptors (Lipinski definition) is 2. The zero-order chi connectivity index (χ0) is 13.2. The van der Waals surface area contributed by atoms with E-state index in [2.05, 4.69) is 15.2 Å². The first-order chi connectivity index (χ1) is 9.25. The Morgan fingerprint density at radius 1 is 1.11 bits per heavy atom. The molecule has 0 saturated carbocycles. The number of rotatable bonds is 2. The third-order valence-electron chi connectivity index (χ3n) is 3.04. The van der Waals surface area contributed by atoms with Crippen LogP contribution in [0.1, 0.15) is 5.56 Å². The lowest BCUT2D eigenvalue weighted by Gasteiger charge is -2.05. The molecule has 0 bridgehead atoms. The average Bonchev–Trinajstić information content (AvgIpc) is 2.89. The van der Waals surface area contributed by atoms with E-state index in [0.717, 1.165) is 28.1 Å². The van der Waals surface area contributed by atoms with Gasteiger partial charge < -0.3 is 0 Å². The third-order valence-corrected chi connectivity index (χ3v) is 3.04. The molecule has 0 fully saturated rings. The van der Waals surface area contributed by atoms with Crippen molar-refractivity contribution < 1.29 is 4.39 Å². The number of aromatic amines is 1. The van der Waals surface area contributed by atoms with Crippen LogP contribution in [0.3, 0.4) is 0 Å². The van der Waals surface area contributed by atoms with Gasteiger partial charge in [0.05, 0.1) is 17.6 Å². The van der Waals surface area contributed by atoms with Crippen molar-refractivity contribution in [1.82, 2.24) is 15.2 Å². The molecule has 0 aliphatic rings. The van der Waals surface area contributed by atoms with Gasteiger partial charge in [0.25, 0.3) is 0 Å². The van der Waals surface area contributed by atoms with Gasteiger partial charge in [0.15, 0.2) is 0 Å². The maximum atomic E-state index is 13.0. The fraction of sp³-hybridized carbons (Fsp3) is 0.0667. The second-order valence-corrected chi connectivity index (χ2v) is 4.33. The number of aromatic nitrogens is 3. The quantitative estimate of drug-likeness (QED) is 0.758. The monoisotopic (exact) mass is 253 g/mol. The van der Waals surface area contributed by atoms with Crippen LogP contribution in [0.15, 0.2) is 48.8 Å². The van der Waals surface area contributed by atoms with E-state index in [1.165, 1.54) is 12.1 Å². The van der Waals surface area contributed by atoms with E-state index in [0.29, 0.717) is 0 Å². The van der Waals surface area contributed by atoms with Crippen LogP contribution < -0.4 is 0 Å². The van der Waals surface area contributed by atoms with Gasteiger partial charge in [0, 0.05) is 17.3 Å². The molecule has 0 aliphatic carbocycles. The second-order valence-electron chi connectivity index (χ2n) is 4.33. The van der Waals surface area contributed by atoms with E-state index in [1.807, 2.05) is 19.1 Å². The number of pyridine rings is 1. The highest BCUT2D eigenvalue weighted by Crippen LogP contribution is 2.30. The molecular formula is C15H12FN3. The Kier molecular flexibility index (Phi) is 2.83. The van der Waals surface area contributed by atoms with Crippen molar-refractivity contribution in [2.75, 3.05) is 0 Å². The van der Waals surface area contributed by atoms with Gasteiger partial charge >= 0.3 is 0 Å². The number of nitrogens with one attached hydrogen (secondary N) is 1. The number of aryl methyl sites for hydroxylation is 1. The Morgan fingerprint density at radius 3 is 2.63 bits per heavy atom. The zero-order valence-electron chi connectivity index (χ0n) is 10.4. The van der Waals surface area contributed by atoms with E-state index in [9.17, 15) is 4.39 Å². The molecule has 1 N–H and O–H groups in total. The van der Waals surface area contributed by atoms with E-state index in [1.54, 1.807) is 24.5 Å². The van der Waals surface area contributed by atoms with Crippen LogP contribution in [-0.4, -0.2) is 15.2 Å². The summed E-state index contributed by atoms with van der Waals surface area (Å²) in [7, 11) is 0. The molecule has 0 unspecified atom stereocenters. The van der Waals surface area contributed by atoms with Crippen molar-refractivity contribution in [2.24, 2.45) is 0 Å². The van der Waals surface area contributed by atoms with Gasteiger partial charge in [-0.1, -0.05) is 6.07 Å². The maximum absolute atomic E-state index is 13.0. The van der Waals surface area contributed by atoms with Crippen LogP contribution in [0.5, 0.6) is 0 Å². The Labute approximate surface area is 110 Å². The highest BCUT2D eigenvalue weighted by molar-refractivity contribution is 5.79. The lowest BCUT2D eigenvalue weighted by molar-refractivity contribution is 0.628. The molecule has 0 amide bonds. The summed E-state index contributed by atoms with van der Waals surface area (Å²) in [5, 5.41) is 7.03. The molecule has 0 atom stereocenters. The third kappa shape index (κ3) is 2.12. The van der Waals surface area contributed by atoms with Gasteiger partial charge in [-0.15, -0.1) is 0 Å². The molecule has 0 spiro atoms. The summed E-state index contributed by atoms with van der Waals surface area (Å²) >= 11 is 0. The largest absolute Gasteiger partial charge is 0.277 e. The minimum Gasteiger partial charge on any atom is -0.277 e. The average molecular weight is 253 g/mol. The summed E-state index contributed by atoms with van der Waals surface area (Å²) in [4.78, 5) is 4.39. The molecule has 19 heavy (non-hydrogen) atoms. The Morgan fingerprint density at radius 2 is 1.89 bits per heavy atom. The van der Waals surface area contributed by atoms with E-state index in [-0.39, 0.29) is 5.82 Å². The van der Waals surface area contributed by atoms with Crippen molar-refractivity contribution in [1.29, 1.82) is 0 Å². The Hall–Kier alpha value is -2.49. The van der Waals surface area contributed by atoms with Crippen LogP contribution in [0.4, 0.5) is 4.39 Å². The first-order valence-corrected chi connectivity index (χ1v) is 5.97.